The van der Waals surface area contributed by atoms with Crippen LogP contribution in [0.25, 0.3) is 0 Å². The SMILES string of the molecule is CCNC(=NCCCOCC1CC1)NCCN1CCCCCC1.I. The number of halogens is 1. The lowest BCUT2D eigenvalue weighted by atomic mass is 10.2. The van der Waals surface area contributed by atoms with E-state index in [0.29, 0.717) is 0 Å². The van der Waals surface area contributed by atoms with Crippen molar-refractivity contribution >= 4 is 29.9 Å². The van der Waals surface area contributed by atoms with Crippen LogP contribution < -0.4 is 10.6 Å². The van der Waals surface area contributed by atoms with Crippen molar-refractivity contribution in [2.24, 2.45) is 10.9 Å². The molecule has 0 aromatic carbocycles. The van der Waals surface area contributed by atoms with Crippen molar-refractivity contribution in [1.29, 1.82) is 0 Å². The maximum atomic E-state index is 5.65. The molecule has 0 aromatic heterocycles. The molecule has 0 amide bonds. The Morgan fingerprint density at radius 1 is 1.12 bits per heavy atom. The van der Waals surface area contributed by atoms with Crippen LogP contribution in [0.1, 0.15) is 51.9 Å². The predicted octanol–water partition coefficient (Wildman–Crippen LogP) is 2.85. The van der Waals surface area contributed by atoms with E-state index >= 15 is 0 Å². The Morgan fingerprint density at radius 2 is 1.88 bits per heavy atom. The summed E-state index contributed by atoms with van der Waals surface area (Å²) < 4.78 is 5.65. The lowest BCUT2D eigenvalue weighted by Gasteiger charge is -2.20. The Hall–Kier alpha value is -0.0800. The van der Waals surface area contributed by atoms with E-state index in [9.17, 15) is 0 Å². The van der Waals surface area contributed by atoms with E-state index in [-0.39, 0.29) is 24.0 Å². The summed E-state index contributed by atoms with van der Waals surface area (Å²) in [7, 11) is 0. The number of ether oxygens (including phenoxy) is 1. The van der Waals surface area contributed by atoms with Crippen molar-refractivity contribution in [2.75, 3.05) is 52.5 Å². The minimum Gasteiger partial charge on any atom is -0.381 e. The van der Waals surface area contributed by atoms with Crippen molar-refractivity contribution < 1.29 is 4.74 Å². The van der Waals surface area contributed by atoms with E-state index < -0.39 is 0 Å². The van der Waals surface area contributed by atoms with Gasteiger partial charge in [-0.2, -0.15) is 0 Å². The van der Waals surface area contributed by atoms with Crippen LogP contribution in [0.4, 0.5) is 0 Å². The van der Waals surface area contributed by atoms with Crippen LogP contribution in [0, 0.1) is 5.92 Å². The molecule has 2 aliphatic rings. The first-order valence-electron chi connectivity index (χ1n) is 9.70. The van der Waals surface area contributed by atoms with Crippen LogP contribution in [0.2, 0.25) is 0 Å². The second-order valence-electron chi connectivity index (χ2n) is 6.82. The van der Waals surface area contributed by atoms with Gasteiger partial charge in [0, 0.05) is 39.4 Å². The predicted molar refractivity (Wildman–Crippen MR) is 112 cm³/mol. The summed E-state index contributed by atoms with van der Waals surface area (Å²) in [6.45, 7) is 10.3. The van der Waals surface area contributed by atoms with Gasteiger partial charge in [-0.1, -0.05) is 12.8 Å². The molecule has 1 heterocycles. The average molecular weight is 452 g/mol. The Balaban J connectivity index is 0.00000288. The fraction of sp³-hybridized carbons (Fsp3) is 0.944. The van der Waals surface area contributed by atoms with E-state index in [1.54, 1.807) is 0 Å². The molecular formula is C18H37IN4O. The highest BCUT2D eigenvalue weighted by atomic mass is 127. The highest BCUT2D eigenvalue weighted by molar-refractivity contribution is 14.0. The summed E-state index contributed by atoms with van der Waals surface area (Å²) in [5.41, 5.74) is 0. The van der Waals surface area contributed by atoms with Crippen molar-refractivity contribution in [3.63, 3.8) is 0 Å². The first-order chi connectivity index (χ1) is 11.4. The smallest absolute Gasteiger partial charge is 0.191 e. The van der Waals surface area contributed by atoms with Crippen LogP contribution in [-0.4, -0.2) is 63.3 Å². The molecular weight excluding hydrogens is 415 g/mol. The second-order valence-corrected chi connectivity index (χ2v) is 6.82. The average Bonchev–Trinajstić information content (AvgIpc) is 3.38. The third-order valence-electron chi connectivity index (χ3n) is 4.53. The van der Waals surface area contributed by atoms with E-state index in [0.717, 1.165) is 57.7 Å². The lowest BCUT2D eigenvalue weighted by molar-refractivity contribution is 0.123. The summed E-state index contributed by atoms with van der Waals surface area (Å²) in [5, 5.41) is 6.80. The highest BCUT2D eigenvalue weighted by Crippen LogP contribution is 2.28. The maximum absolute atomic E-state index is 5.65. The number of likely N-dealkylation sites (tertiary alicyclic amines) is 1. The van der Waals surface area contributed by atoms with Crippen LogP contribution >= 0.6 is 24.0 Å². The van der Waals surface area contributed by atoms with Gasteiger partial charge in [0.05, 0.1) is 0 Å². The third-order valence-corrected chi connectivity index (χ3v) is 4.53. The lowest BCUT2D eigenvalue weighted by Crippen LogP contribution is -2.42. The Kier molecular flexibility index (Phi) is 12.9. The topological polar surface area (TPSA) is 48.9 Å². The molecule has 1 saturated heterocycles. The normalized spacial score (nSPS) is 19.5. The van der Waals surface area contributed by atoms with Crippen LogP contribution in [0.3, 0.4) is 0 Å². The summed E-state index contributed by atoms with van der Waals surface area (Å²) in [6.07, 6.45) is 9.25. The molecule has 6 heteroatoms. The molecule has 142 valence electrons. The minimum absolute atomic E-state index is 0. The molecule has 0 aromatic rings. The van der Waals surface area contributed by atoms with Crippen LogP contribution in [0.15, 0.2) is 4.99 Å². The zero-order chi connectivity index (χ0) is 16.2. The van der Waals surface area contributed by atoms with E-state index in [1.807, 2.05) is 0 Å². The first kappa shape index (κ1) is 22.0. The Labute approximate surface area is 165 Å². The Bertz CT molecular complexity index is 329. The molecule has 2 N–H and O–H groups in total. The van der Waals surface area contributed by atoms with Gasteiger partial charge in [-0.15, -0.1) is 24.0 Å². The second kappa shape index (κ2) is 14.1. The number of hydrogen-bond acceptors (Lipinski definition) is 3. The molecule has 24 heavy (non-hydrogen) atoms. The van der Waals surface area contributed by atoms with Gasteiger partial charge < -0.3 is 20.3 Å². The van der Waals surface area contributed by atoms with Crippen molar-refractivity contribution in [3.8, 4) is 0 Å². The van der Waals surface area contributed by atoms with Crippen molar-refractivity contribution in [3.05, 3.63) is 0 Å². The number of nitrogens with one attached hydrogen (secondary N) is 2. The summed E-state index contributed by atoms with van der Waals surface area (Å²) in [4.78, 5) is 7.22. The van der Waals surface area contributed by atoms with Gasteiger partial charge in [-0.05, 0) is 58.0 Å². The number of rotatable bonds is 10. The number of guanidine groups is 1. The van der Waals surface area contributed by atoms with Gasteiger partial charge in [0.1, 0.15) is 0 Å². The van der Waals surface area contributed by atoms with E-state index in [2.05, 4.69) is 27.4 Å². The van der Waals surface area contributed by atoms with Gasteiger partial charge in [0.2, 0.25) is 0 Å². The molecule has 0 bridgehead atoms. The van der Waals surface area contributed by atoms with Gasteiger partial charge >= 0.3 is 0 Å². The molecule has 0 atom stereocenters. The van der Waals surface area contributed by atoms with E-state index in [4.69, 9.17) is 4.74 Å². The summed E-state index contributed by atoms with van der Waals surface area (Å²) in [5.74, 6) is 1.81. The molecule has 2 fully saturated rings. The zero-order valence-corrected chi connectivity index (χ0v) is 17.7. The van der Waals surface area contributed by atoms with Gasteiger partial charge in [0.15, 0.2) is 5.96 Å². The van der Waals surface area contributed by atoms with E-state index in [1.165, 1.54) is 51.6 Å². The molecule has 1 saturated carbocycles. The molecule has 0 spiro atoms. The summed E-state index contributed by atoms with van der Waals surface area (Å²) >= 11 is 0. The standard InChI is InChI=1S/C18H36N4O.HI/c1-2-19-18(20-10-7-15-23-16-17-8-9-17)21-11-14-22-12-5-3-4-6-13-22;/h17H,2-16H2,1H3,(H2,19,20,21);1H. The van der Waals surface area contributed by atoms with Gasteiger partial charge in [-0.3, -0.25) is 4.99 Å². The molecule has 1 aliphatic carbocycles. The third kappa shape index (κ3) is 10.7. The molecule has 0 radical (unpaired) electrons. The fourth-order valence-corrected chi connectivity index (χ4v) is 2.93. The number of hydrogen-bond donors (Lipinski definition) is 2. The largest absolute Gasteiger partial charge is 0.381 e. The first-order valence-corrected chi connectivity index (χ1v) is 9.70. The quantitative estimate of drug-likeness (QED) is 0.232. The Morgan fingerprint density at radius 3 is 2.54 bits per heavy atom. The molecule has 0 unspecified atom stereocenters. The number of nitrogens with zero attached hydrogens (tertiary/aromatic N) is 2. The number of aliphatic imine (C=N–C) groups is 1. The van der Waals surface area contributed by atoms with Gasteiger partial charge in [0.25, 0.3) is 0 Å². The van der Waals surface area contributed by atoms with Gasteiger partial charge in [-0.25, -0.2) is 0 Å². The maximum Gasteiger partial charge on any atom is 0.191 e. The highest BCUT2D eigenvalue weighted by Gasteiger charge is 2.20. The molecule has 5 nitrogen and oxygen atoms in total. The summed E-state index contributed by atoms with van der Waals surface area (Å²) in [6, 6.07) is 0. The monoisotopic (exact) mass is 452 g/mol. The van der Waals surface area contributed by atoms with Crippen molar-refractivity contribution in [1.82, 2.24) is 15.5 Å². The zero-order valence-electron chi connectivity index (χ0n) is 15.4. The minimum atomic E-state index is 0. The van der Waals surface area contributed by atoms with Crippen molar-refractivity contribution in [2.45, 2.75) is 51.9 Å². The van der Waals surface area contributed by atoms with Crippen LogP contribution in [-0.2, 0) is 4.74 Å². The fourth-order valence-electron chi connectivity index (χ4n) is 2.93. The molecule has 2 rings (SSSR count). The van der Waals surface area contributed by atoms with Crippen LogP contribution in [0.5, 0.6) is 0 Å². The molecule has 1 aliphatic heterocycles.